The van der Waals surface area contributed by atoms with Gasteiger partial charge in [-0.1, -0.05) is 30.3 Å². The van der Waals surface area contributed by atoms with Crippen molar-refractivity contribution in [1.29, 1.82) is 0 Å². The Hall–Kier alpha value is -3.45. The molecular formula is C18H15N3O4. The Balaban J connectivity index is 1.83. The van der Waals surface area contributed by atoms with Gasteiger partial charge in [-0.15, -0.1) is 0 Å². The first-order valence-corrected chi connectivity index (χ1v) is 7.48. The van der Waals surface area contributed by atoms with E-state index in [-0.39, 0.29) is 5.69 Å². The number of hydrogen-bond acceptors (Lipinski definition) is 5. The number of nitrogens with one attached hydrogen (secondary N) is 1. The number of rotatable bonds is 5. The summed E-state index contributed by atoms with van der Waals surface area (Å²) in [5.74, 6) is 0.562. The number of amides is 1. The summed E-state index contributed by atoms with van der Waals surface area (Å²) in [5, 5.41) is 15.3. The van der Waals surface area contributed by atoms with Crippen LogP contribution in [0.4, 0.5) is 5.69 Å². The highest BCUT2D eigenvalue weighted by Crippen LogP contribution is 2.25. The van der Waals surface area contributed by atoms with Crippen molar-refractivity contribution in [3.05, 3.63) is 82.8 Å². The maximum absolute atomic E-state index is 12.5. The van der Waals surface area contributed by atoms with Gasteiger partial charge in [-0.25, -0.2) is 4.68 Å². The molecule has 1 amide bonds. The van der Waals surface area contributed by atoms with Crippen LogP contribution in [-0.2, 0) is 6.73 Å². The number of carbonyl (C=O) groups is 1. The van der Waals surface area contributed by atoms with Gasteiger partial charge in [0.2, 0.25) is 0 Å². The van der Waals surface area contributed by atoms with Gasteiger partial charge in [-0.05, 0) is 24.3 Å². The molecular weight excluding hydrogens is 322 g/mol. The van der Waals surface area contributed by atoms with E-state index in [0.717, 1.165) is 4.68 Å². The lowest BCUT2D eigenvalue weighted by Crippen LogP contribution is -2.23. The number of aromatic nitrogens is 2. The Labute approximate surface area is 143 Å². The Morgan fingerprint density at radius 1 is 1.12 bits per heavy atom. The highest BCUT2D eigenvalue weighted by molar-refractivity contribution is 6.06. The Morgan fingerprint density at radius 3 is 2.56 bits per heavy atom. The second kappa shape index (κ2) is 7.41. The molecule has 0 atom stereocenters. The summed E-state index contributed by atoms with van der Waals surface area (Å²) < 4.78 is 6.62. The fourth-order valence-electron chi connectivity index (χ4n) is 2.17. The SMILES string of the molecule is O=C(Nc1cnn(CO)c(=O)c1)c1ccccc1Oc1ccccc1. The third-order valence-corrected chi connectivity index (χ3v) is 3.36. The molecule has 0 fully saturated rings. The van der Waals surface area contributed by atoms with Crippen LogP contribution in [0.5, 0.6) is 11.5 Å². The molecule has 0 saturated heterocycles. The largest absolute Gasteiger partial charge is 0.457 e. The Bertz CT molecular complexity index is 938. The summed E-state index contributed by atoms with van der Waals surface area (Å²) >= 11 is 0. The van der Waals surface area contributed by atoms with Gasteiger partial charge in [-0.2, -0.15) is 5.10 Å². The highest BCUT2D eigenvalue weighted by Gasteiger charge is 2.13. The standard InChI is InChI=1S/C18H15N3O4/c22-12-21-17(23)10-13(11-19-21)20-18(24)15-8-4-5-9-16(15)25-14-6-2-1-3-7-14/h1-11,22H,12H2,(H,20,24). The third-order valence-electron chi connectivity index (χ3n) is 3.36. The summed E-state index contributed by atoms with van der Waals surface area (Å²) in [6.45, 7) is -0.527. The second-order valence-electron chi connectivity index (χ2n) is 5.09. The fraction of sp³-hybridized carbons (Fsp3) is 0.0556. The van der Waals surface area contributed by atoms with Crippen LogP contribution in [0.25, 0.3) is 0 Å². The molecule has 1 heterocycles. The van der Waals surface area contributed by atoms with E-state index in [1.807, 2.05) is 18.2 Å². The third kappa shape index (κ3) is 3.91. The van der Waals surface area contributed by atoms with Crippen LogP contribution in [0, 0.1) is 0 Å². The van der Waals surface area contributed by atoms with E-state index in [1.165, 1.54) is 12.3 Å². The van der Waals surface area contributed by atoms with Crippen LogP contribution in [0.1, 0.15) is 10.4 Å². The number of para-hydroxylation sites is 2. The molecule has 0 aliphatic heterocycles. The number of nitrogens with zero attached hydrogens (tertiary/aromatic N) is 2. The van der Waals surface area contributed by atoms with Crippen molar-refractivity contribution in [2.45, 2.75) is 6.73 Å². The Kier molecular flexibility index (Phi) is 4.87. The predicted octanol–water partition coefficient (Wildman–Crippen LogP) is 2.24. The monoisotopic (exact) mass is 337 g/mol. The lowest BCUT2D eigenvalue weighted by Gasteiger charge is -2.11. The summed E-state index contributed by atoms with van der Waals surface area (Å²) in [6.07, 6.45) is 1.29. The van der Waals surface area contributed by atoms with Crippen molar-refractivity contribution in [1.82, 2.24) is 9.78 Å². The molecule has 3 rings (SSSR count). The minimum absolute atomic E-state index is 0.231. The van der Waals surface area contributed by atoms with E-state index >= 15 is 0 Å². The van der Waals surface area contributed by atoms with E-state index in [9.17, 15) is 9.59 Å². The van der Waals surface area contributed by atoms with Gasteiger partial charge >= 0.3 is 0 Å². The first kappa shape index (κ1) is 16.4. The van der Waals surface area contributed by atoms with Gasteiger partial charge in [0.05, 0.1) is 17.4 Å². The number of aliphatic hydroxyl groups is 1. The van der Waals surface area contributed by atoms with E-state index in [0.29, 0.717) is 17.1 Å². The van der Waals surface area contributed by atoms with E-state index < -0.39 is 18.2 Å². The zero-order valence-electron chi connectivity index (χ0n) is 13.1. The van der Waals surface area contributed by atoms with Gasteiger partial charge in [0.25, 0.3) is 11.5 Å². The molecule has 7 heteroatoms. The molecule has 25 heavy (non-hydrogen) atoms. The first-order chi connectivity index (χ1) is 12.2. The van der Waals surface area contributed by atoms with Gasteiger partial charge in [0.15, 0.2) is 0 Å². The number of ether oxygens (including phenoxy) is 1. The van der Waals surface area contributed by atoms with Crippen LogP contribution < -0.4 is 15.6 Å². The average Bonchev–Trinajstić information content (AvgIpc) is 2.63. The van der Waals surface area contributed by atoms with E-state index in [1.54, 1.807) is 36.4 Å². The lowest BCUT2D eigenvalue weighted by molar-refractivity contribution is 0.102. The molecule has 0 radical (unpaired) electrons. The molecule has 0 aliphatic carbocycles. The number of aliphatic hydroxyl groups excluding tert-OH is 1. The first-order valence-electron chi connectivity index (χ1n) is 7.48. The van der Waals surface area contributed by atoms with Crippen molar-refractivity contribution < 1.29 is 14.6 Å². The van der Waals surface area contributed by atoms with E-state index in [2.05, 4.69) is 10.4 Å². The van der Waals surface area contributed by atoms with Crippen molar-refractivity contribution >= 4 is 11.6 Å². The lowest BCUT2D eigenvalue weighted by atomic mass is 10.2. The smallest absolute Gasteiger partial charge is 0.271 e. The molecule has 0 spiro atoms. The molecule has 1 aromatic heterocycles. The predicted molar refractivity (Wildman–Crippen MR) is 91.6 cm³/mol. The van der Waals surface area contributed by atoms with Gasteiger partial charge in [-0.3, -0.25) is 9.59 Å². The average molecular weight is 337 g/mol. The summed E-state index contributed by atoms with van der Waals surface area (Å²) in [5.41, 5.74) is 0.0287. The van der Waals surface area contributed by atoms with Crippen molar-refractivity contribution in [2.75, 3.05) is 5.32 Å². The molecule has 126 valence electrons. The number of anilines is 1. The zero-order valence-corrected chi connectivity index (χ0v) is 13.1. The van der Waals surface area contributed by atoms with Crippen LogP contribution in [0.3, 0.4) is 0 Å². The summed E-state index contributed by atoms with van der Waals surface area (Å²) in [7, 11) is 0. The quantitative estimate of drug-likeness (QED) is 0.745. The van der Waals surface area contributed by atoms with E-state index in [4.69, 9.17) is 9.84 Å². The second-order valence-corrected chi connectivity index (χ2v) is 5.09. The minimum atomic E-state index is -0.527. The molecule has 2 N–H and O–H groups in total. The van der Waals surface area contributed by atoms with Crippen LogP contribution in [0.15, 0.2) is 71.7 Å². The maximum atomic E-state index is 12.5. The molecule has 3 aromatic rings. The number of hydrogen-bond donors (Lipinski definition) is 2. The number of carbonyl (C=O) groups excluding carboxylic acids is 1. The molecule has 0 bridgehead atoms. The van der Waals surface area contributed by atoms with Crippen LogP contribution in [0.2, 0.25) is 0 Å². The van der Waals surface area contributed by atoms with Crippen molar-refractivity contribution in [3.63, 3.8) is 0 Å². The molecule has 0 saturated carbocycles. The normalized spacial score (nSPS) is 10.3. The minimum Gasteiger partial charge on any atom is -0.457 e. The highest BCUT2D eigenvalue weighted by atomic mass is 16.5. The van der Waals surface area contributed by atoms with Crippen molar-refractivity contribution in [2.24, 2.45) is 0 Å². The van der Waals surface area contributed by atoms with Gasteiger partial charge in [0, 0.05) is 6.07 Å². The zero-order chi connectivity index (χ0) is 17.6. The number of benzene rings is 2. The fourth-order valence-corrected chi connectivity index (χ4v) is 2.17. The van der Waals surface area contributed by atoms with Crippen LogP contribution in [-0.4, -0.2) is 20.8 Å². The molecule has 0 unspecified atom stereocenters. The van der Waals surface area contributed by atoms with Crippen molar-refractivity contribution in [3.8, 4) is 11.5 Å². The molecule has 2 aromatic carbocycles. The Morgan fingerprint density at radius 2 is 1.84 bits per heavy atom. The topological polar surface area (TPSA) is 93.5 Å². The van der Waals surface area contributed by atoms with Gasteiger partial charge in [0.1, 0.15) is 18.2 Å². The summed E-state index contributed by atoms with van der Waals surface area (Å²) in [4.78, 5) is 24.2. The van der Waals surface area contributed by atoms with Crippen LogP contribution >= 0.6 is 0 Å². The van der Waals surface area contributed by atoms with Gasteiger partial charge < -0.3 is 15.2 Å². The summed E-state index contributed by atoms with van der Waals surface area (Å²) in [6, 6.07) is 17.1. The molecule has 7 nitrogen and oxygen atoms in total. The molecule has 0 aliphatic rings. The maximum Gasteiger partial charge on any atom is 0.271 e.